The van der Waals surface area contributed by atoms with Crippen LogP contribution in [-0.4, -0.2) is 57.9 Å². The number of carbonyl (C=O) groups is 2. The van der Waals surface area contributed by atoms with Crippen LogP contribution in [0.1, 0.15) is 43.1 Å². The Kier molecular flexibility index (Phi) is 7.21. The molecule has 0 saturated carbocycles. The van der Waals surface area contributed by atoms with Crippen LogP contribution >= 0.6 is 0 Å². The zero-order valence-corrected chi connectivity index (χ0v) is 20.1. The average molecular weight is 489 g/mol. The molecule has 0 unspecified atom stereocenters. The molecule has 0 bridgehead atoms. The molecule has 2 aliphatic rings. The molecule has 1 atom stereocenters. The number of hydrogen-bond donors (Lipinski definition) is 0. The summed E-state index contributed by atoms with van der Waals surface area (Å²) in [7, 11) is 0. The van der Waals surface area contributed by atoms with Crippen LogP contribution in [0.4, 0.5) is 4.39 Å². The summed E-state index contributed by atoms with van der Waals surface area (Å²) in [4.78, 5) is 34.1. The summed E-state index contributed by atoms with van der Waals surface area (Å²) in [6.45, 7) is 2.39. The van der Waals surface area contributed by atoms with Crippen molar-refractivity contribution in [2.45, 2.75) is 31.6 Å². The number of aromatic nitrogens is 2. The molecule has 186 valence electrons. The highest BCUT2D eigenvalue weighted by Gasteiger charge is 2.34. The van der Waals surface area contributed by atoms with Crippen LogP contribution in [0.5, 0.6) is 0 Å². The second-order valence-electron chi connectivity index (χ2n) is 9.43. The Morgan fingerprint density at radius 3 is 2.56 bits per heavy atom. The summed E-state index contributed by atoms with van der Waals surface area (Å²) in [6.07, 6.45) is 6.47. The minimum atomic E-state index is -0.353. The highest BCUT2D eigenvalue weighted by Crippen LogP contribution is 2.30. The topological polar surface area (TPSA) is 79.5 Å². The summed E-state index contributed by atoms with van der Waals surface area (Å²) >= 11 is 0. The molecule has 1 aromatic heterocycles. The second kappa shape index (κ2) is 10.8. The Labute approximate surface area is 209 Å². The highest BCUT2D eigenvalue weighted by atomic mass is 19.1. The monoisotopic (exact) mass is 488 g/mol. The van der Waals surface area contributed by atoms with Gasteiger partial charge in [-0.15, -0.1) is 0 Å². The molecule has 3 aromatic rings. The Bertz CT molecular complexity index is 1230. The lowest BCUT2D eigenvalue weighted by molar-refractivity contribution is -0.140. The van der Waals surface area contributed by atoms with E-state index in [0.717, 1.165) is 18.4 Å². The average Bonchev–Trinajstić information content (AvgIpc) is 3.43. The summed E-state index contributed by atoms with van der Waals surface area (Å²) in [5.74, 6) is 0.473. The van der Waals surface area contributed by atoms with E-state index in [4.69, 9.17) is 4.52 Å². The maximum absolute atomic E-state index is 13.6. The van der Waals surface area contributed by atoms with Gasteiger partial charge in [0.25, 0.3) is 0 Å². The number of hydrogen-bond acceptors (Lipinski definition) is 5. The molecular formula is C28H29FN4O3. The van der Waals surface area contributed by atoms with Gasteiger partial charge in [0.15, 0.2) is 0 Å². The van der Waals surface area contributed by atoms with Gasteiger partial charge in [-0.25, -0.2) is 4.39 Å². The standard InChI is InChI=1S/C28H29FN4O3/c29-24-10-4-8-22(18-24)26-30-27(36-31-26)23-9-5-15-33(19-23)28(35)21-13-16-32(17-14-21)25(34)12-11-20-6-2-1-3-7-20/h1-4,6-8,10-12,18,21,23H,5,9,13-17,19H2/b12-11+/t23-/m0/s1. The van der Waals surface area contributed by atoms with E-state index in [0.29, 0.717) is 56.3 Å². The van der Waals surface area contributed by atoms with E-state index in [2.05, 4.69) is 10.1 Å². The first-order valence-corrected chi connectivity index (χ1v) is 12.5. The molecule has 3 heterocycles. The van der Waals surface area contributed by atoms with Crippen molar-refractivity contribution in [2.75, 3.05) is 26.2 Å². The van der Waals surface area contributed by atoms with Crippen molar-refractivity contribution in [2.24, 2.45) is 5.92 Å². The Morgan fingerprint density at radius 1 is 0.972 bits per heavy atom. The lowest BCUT2D eigenvalue weighted by Crippen LogP contribution is -2.46. The van der Waals surface area contributed by atoms with Gasteiger partial charge in [-0.2, -0.15) is 4.98 Å². The van der Waals surface area contributed by atoms with Crippen molar-refractivity contribution in [3.63, 3.8) is 0 Å². The number of carbonyl (C=O) groups excluding carboxylic acids is 2. The third-order valence-corrected chi connectivity index (χ3v) is 6.98. The molecule has 0 aliphatic carbocycles. The fraction of sp³-hybridized carbons (Fsp3) is 0.357. The van der Waals surface area contributed by atoms with Crippen LogP contribution in [0, 0.1) is 11.7 Å². The number of halogens is 1. The molecule has 5 rings (SSSR count). The van der Waals surface area contributed by atoms with Crippen LogP contribution < -0.4 is 0 Å². The van der Waals surface area contributed by atoms with Gasteiger partial charge in [0.2, 0.25) is 23.5 Å². The van der Waals surface area contributed by atoms with Crippen LogP contribution in [0.3, 0.4) is 0 Å². The van der Waals surface area contributed by atoms with Crippen molar-refractivity contribution in [1.29, 1.82) is 0 Å². The number of rotatable bonds is 5. The summed E-state index contributed by atoms with van der Waals surface area (Å²) < 4.78 is 19.0. The molecule has 0 N–H and O–H groups in total. The van der Waals surface area contributed by atoms with Crippen molar-refractivity contribution in [3.05, 3.63) is 77.9 Å². The van der Waals surface area contributed by atoms with Gasteiger partial charge in [0, 0.05) is 43.7 Å². The molecule has 36 heavy (non-hydrogen) atoms. The van der Waals surface area contributed by atoms with Crippen molar-refractivity contribution in [1.82, 2.24) is 19.9 Å². The van der Waals surface area contributed by atoms with Gasteiger partial charge in [0.05, 0.1) is 5.92 Å². The van der Waals surface area contributed by atoms with Crippen LogP contribution in [-0.2, 0) is 9.59 Å². The Balaban J connectivity index is 1.15. The lowest BCUT2D eigenvalue weighted by atomic mass is 9.92. The zero-order chi connectivity index (χ0) is 24.9. The molecule has 2 aliphatic heterocycles. The quantitative estimate of drug-likeness (QED) is 0.493. The predicted molar refractivity (Wildman–Crippen MR) is 133 cm³/mol. The third-order valence-electron chi connectivity index (χ3n) is 6.98. The molecule has 2 saturated heterocycles. The van der Waals surface area contributed by atoms with E-state index in [1.165, 1.54) is 12.1 Å². The SMILES string of the molecule is O=C(/C=C/c1ccccc1)N1CCC(C(=O)N2CCC[C@H](c3nc(-c4cccc(F)c4)no3)C2)CC1. The fourth-order valence-electron chi connectivity index (χ4n) is 4.97. The zero-order valence-electron chi connectivity index (χ0n) is 20.1. The number of benzene rings is 2. The van der Waals surface area contributed by atoms with Gasteiger partial charge < -0.3 is 14.3 Å². The summed E-state index contributed by atoms with van der Waals surface area (Å²) in [5.41, 5.74) is 1.55. The third kappa shape index (κ3) is 5.53. The normalized spacial score (nSPS) is 19.1. The first-order valence-electron chi connectivity index (χ1n) is 12.5. The van der Waals surface area contributed by atoms with E-state index in [1.54, 1.807) is 18.2 Å². The van der Waals surface area contributed by atoms with Gasteiger partial charge in [0.1, 0.15) is 5.82 Å². The summed E-state index contributed by atoms with van der Waals surface area (Å²) in [6, 6.07) is 15.8. The van der Waals surface area contributed by atoms with E-state index in [-0.39, 0.29) is 29.5 Å². The highest BCUT2D eigenvalue weighted by molar-refractivity contribution is 5.92. The van der Waals surface area contributed by atoms with Crippen LogP contribution in [0.15, 0.2) is 65.2 Å². The molecule has 8 heteroatoms. The van der Waals surface area contributed by atoms with Crippen LogP contribution in [0.2, 0.25) is 0 Å². The molecule has 2 fully saturated rings. The molecule has 2 aromatic carbocycles. The second-order valence-corrected chi connectivity index (χ2v) is 9.43. The molecular weight excluding hydrogens is 459 g/mol. The number of nitrogens with zero attached hydrogens (tertiary/aromatic N) is 4. The first kappa shape index (κ1) is 23.9. The van der Waals surface area contributed by atoms with Crippen LogP contribution in [0.25, 0.3) is 17.5 Å². The molecule has 0 spiro atoms. The number of piperidine rings is 2. The van der Waals surface area contributed by atoms with Gasteiger partial charge in [-0.05, 0) is 49.5 Å². The Hall–Kier alpha value is -3.81. The summed E-state index contributed by atoms with van der Waals surface area (Å²) in [5, 5.41) is 4.02. The maximum Gasteiger partial charge on any atom is 0.246 e. The van der Waals surface area contributed by atoms with Gasteiger partial charge >= 0.3 is 0 Å². The molecule has 2 amide bonds. The van der Waals surface area contributed by atoms with Gasteiger partial charge in [-0.1, -0.05) is 47.6 Å². The minimum Gasteiger partial charge on any atom is -0.342 e. The minimum absolute atomic E-state index is 0.0201. The fourth-order valence-corrected chi connectivity index (χ4v) is 4.97. The predicted octanol–water partition coefficient (Wildman–Crippen LogP) is 4.53. The first-order chi connectivity index (χ1) is 17.6. The number of amides is 2. The van der Waals surface area contributed by atoms with Gasteiger partial charge in [-0.3, -0.25) is 9.59 Å². The van der Waals surface area contributed by atoms with Crippen molar-refractivity contribution < 1.29 is 18.5 Å². The van der Waals surface area contributed by atoms with E-state index < -0.39 is 0 Å². The van der Waals surface area contributed by atoms with E-state index in [1.807, 2.05) is 46.2 Å². The number of likely N-dealkylation sites (tertiary alicyclic amines) is 2. The molecule has 0 radical (unpaired) electrons. The smallest absolute Gasteiger partial charge is 0.246 e. The Morgan fingerprint density at radius 2 is 1.78 bits per heavy atom. The van der Waals surface area contributed by atoms with Crippen molar-refractivity contribution in [3.8, 4) is 11.4 Å². The largest absolute Gasteiger partial charge is 0.342 e. The lowest BCUT2D eigenvalue weighted by Gasteiger charge is -2.36. The van der Waals surface area contributed by atoms with E-state index >= 15 is 0 Å². The molecule has 7 nitrogen and oxygen atoms in total. The van der Waals surface area contributed by atoms with E-state index in [9.17, 15) is 14.0 Å². The maximum atomic E-state index is 13.6. The van der Waals surface area contributed by atoms with Crippen molar-refractivity contribution >= 4 is 17.9 Å².